The predicted octanol–water partition coefficient (Wildman–Crippen LogP) is 7.94. The molecule has 8 rings (SSSR count). The molecular formula is C43H35F6N3O7. The van der Waals surface area contributed by atoms with Crippen molar-refractivity contribution in [3.63, 3.8) is 0 Å². The molecule has 2 N–H and O–H groups in total. The number of ether oxygens (including phenoxy) is 2. The number of imide groups is 2. The van der Waals surface area contributed by atoms with Crippen molar-refractivity contribution in [2.45, 2.75) is 43.5 Å². The number of hydrogen-bond donors (Lipinski definition) is 2. The molecule has 306 valence electrons. The first-order valence-corrected chi connectivity index (χ1v) is 18.5. The van der Waals surface area contributed by atoms with Crippen LogP contribution in [0.2, 0.25) is 0 Å². The van der Waals surface area contributed by atoms with Crippen molar-refractivity contribution in [3.8, 4) is 17.2 Å². The van der Waals surface area contributed by atoms with Crippen LogP contribution in [-0.4, -0.2) is 48.0 Å². The molecule has 3 fully saturated rings. The fourth-order valence-electron chi connectivity index (χ4n) is 9.59. The summed E-state index contributed by atoms with van der Waals surface area (Å²) in [6, 6.07) is 18.6. The smallest absolute Gasteiger partial charge is 0.416 e. The highest BCUT2D eigenvalue weighted by atomic mass is 19.4. The number of nitrogens with zero attached hydrogens (tertiary/aromatic N) is 2. The third-order valence-electron chi connectivity index (χ3n) is 12.0. The number of methoxy groups -OCH3 is 2. The molecule has 59 heavy (non-hydrogen) atoms. The summed E-state index contributed by atoms with van der Waals surface area (Å²) >= 11 is 0. The normalized spacial score (nSPS) is 25.4. The molecule has 6 atom stereocenters. The number of phenols is 1. The van der Waals surface area contributed by atoms with E-state index in [-0.39, 0.29) is 41.7 Å². The number of amides is 4. The lowest BCUT2D eigenvalue weighted by molar-refractivity contribution is -0.143. The van der Waals surface area contributed by atoms with Crippen LogP contribution in [0.4, 0.5) is 37.7 Å². The van der Waals surface area contributed by atoms with Crippen LogP contribution in [0.1, 0.15) is 46.6 Å². The molecule has 4 aromatic carbocycles. The highest BCUT2D eigenvalue weighted by Gasteiger charge is 2.71. The maximum Gasteiger partial charge on any atom is 0.416 e. The molecule has 4 aromatic rings. The minimum absolute atomic E-state index is 0.0499. The van der Waals surface area contributed by atoms with E-state index in [1.807, 2.05) is 6.92 Å². The number of carbonyl (C=O) groups excluding carboxylic acids is 4. The molecule has 16 heteroatoms. The molecule has 10 nitrogen and oxygen atoms in total. The first kappa shape index (κ1) is 39.5. The Morgan fingerprint density at radius 1 is 0.763 bits per heavy atom. The van der Waals surface area contributed by atoms with E-state index in [4.69, 9.17) is 9.47 Å². The Morgan fingerprint density at radius 2 is 1.36 bits per heavy atom. The summed E-state index contributed by atoms with van der Waals surface area (Å²) in [5, 5.41) is 11.6. The Kier molecular flexibility index (Phi) is 9.31. The van der Waals surface area contributed by atoms with E-state index < -0.39 is 87.8 Å². The first-order chi connectivity index (χ1) is 27.9. The third-order valence-corrected chi connectivity index (χ3v) is 12.0. The lowest BCUT2D eigenvalue weighted by Crippen LogP contribution is -2.53. The van der Waals surface area contributed by atoms with E-state index in [0.717, 1.165) is 10.6 Å². The van der Waals surface area contributed by atoms with Crippen molar-refractivity contribution in [2.24, 2.45) is 23.7 Å². The topological polar surface area (TPSA) is 125 Å². The number of allylic oxidation sites excluding steroid dienone is 2. The number of hydrogen-bond acceptors (Lipinski definition) is 8. The minimum atomic E-state index is -5.25. The second kappa shape index (κ2) is 13.9. The Balaban J connectivity index is 1.34. The molecule has 0 unspecified atom stereocenters. The standard InChI is InChI=1S/C43H35F6N3O7/c1-21-9-11-25(12-10-21)50-52-38(55)31-20-30-28(36(35-32(58-2)18-27(53)19-33(35)59-3)41(31,40(52)57)22-7-5-4-6-8-22)13-14-29-34(30)39(56)51(37(29)54)26-16-23(42(44,45)46)15-24(17-26)43(47,48)49/h4-13,15-19,29-31,34,36,50,53H,14,20H2,1-3H3/t29-,30+,31-,34-,36+,41+/m0/s1. The zero-order valence-corrected chi connectivity index (χ0v) is 31.5. The Labute approximate surface area is 333 Å². The van der Waals surface area contributed by atoms with Crippen LogP contribution in [0.25, 0.3) is 0 Å². The van der Waals surface area contributed by atoms with Gasteiger partial charge in [-0.1, -0.05) is 59.7 Å². The molecule has 4 amide bonds. The van der Waals surface area contributed by atoms with Gasteiger partial charge in [0.05, 0.1) is 59.9 Å². The van der Waals surface area contributed by atoms with Crippen molar-refractivity contribution in [1.82, 2.24) is 5.01 Å². The number of aromatic hydroxyl groups is 1. The van der Waals surface area contributed by atoms with Gasteiger partial charge in [0.25, 0.3) is 11.8 Å². The average Bonchev–Trinajstić information content (AvgIpc) is 3.58. The van der Waals surface area contributed by atoms with E-state index in [1.165, 1.54) is 26.4 Å². The molecule has 4 aliphatic rings. The maximum absolute atomic E-state index is 15.4. The van der Waals surface area contributed by atoms with Gasteiger partial charge in [-0.3, -0.25) is 24.6 Å². The number of anilines is 2. The van der Waals surface area contributed by atoms with Gasteiger partial charge in [0.2, 0.25) is 11.8 Å². The number of aryl methyl sites for hydroxylation is 1. The summed E-state index contributed by atoms with van der Waals surface area (Å²) < 4.78 is 95.4. The van der Waals surface area contributed by atoms with Crippen LogP contribution in [0, 0.1) is 30.6 Å². The van der Waals surface area contributed by atoms with Gasteiger partial charge < -0.3 is 14.6 Å². The van der Waals surface area contributed by atoms with Crippen LogP contribution < -0.4 is 19.8 Å². The van der Waals surface area contributed by atoms with Gasteiger partial charge in [-0.05, 0) is 61.6 Å². The highest BCUT2D eigenvalue weighted by molar-refractivity contribution is 6.22. The highest BCUT2D eigenvalue weighted by Crippen LogP contribution is 2.66. The quantitative estimate of drug-likeness (QED) is 0.109. The molecular weight excluding hydrogens is 784 g/mol. The fourth-order valence-corrected chi connectivity index (χ4v) is 9.59. The number of nitrogens with one attached hydrogen (secondary N) is 1. The minimum Gasteiger partial charge on any atom is -0.508 e. The van der Waals surface area contributed by atoms with E-state index in [9.17, 15) is 45.8 Å². The molecule has 0 spiro atoms. The molecule has 0 bridgehead atoms. The van der Waals surface area contributed by atoms with Crippen molar-refractivity contribution in [3.05, 3.63) is 124 Å². The summed E-state index contributed by atoms with van der Waals surface area (Å²) in [6.45, 7) is 1.86. The summed E-state index contributed by atoms with van der Waals surface area (Å²) in [5.74, 6) is -9.71. The van der Waals surface area contributed by atoms with E-state index in [1.54, 1.807) is 60.7 Å². The van der Waals surface area contributed by atoms with Gasteiger partial charge in [0.15, 0.2) is 0 Å². The van der Waals surface area contributed by atoms with Crippen LogP contribution >= 0.6 is 0 Å². The van der Waals surface area contributed by atoms with Crippen LogP contribution in [0.5, 0.6) is 17.2 Å². The van der Waals surface area contributed by atoms with Crippen LogP contribution in [-0.2, 0) is 36.9 Å². The van der Waals surface area contributed by atoms with Crippen molar-refractivity contribution >= 4 is 35.0 Å². The summed E-state index contributed by atoms with van der Waals surface area (Å²) in [7, 11) is 2.65. The van der Waals surface area contributed by atoms with E-state index in [2.05, 4.69) is 5.43 Å². The third kappa shape index (κ3) is 6.09. The molecule has 1 saturated carbocycles. The zero-order valence-electron chi connectivity index (χ0n) is 31.5. The monoisotopic (exact) mass is 819 g/mol. The van der Waals surface area contributed by atoms with Crippen molar-refractivity contribution in [2.75, 3.05) is 24.5 Å². The van der Waals surface area contributed by atoms with Gasteiger partial charge >= 0.3 is 12.4 Å². The second-order valence-electron chi connectivity index (χ2n) is 15.1. The fraction of sp³-hybridized carbons (Fsp3) is 0.302. The largest absolute Gasteiger partial charge is 0.508 e. The van der Waals surface area contributed by atoms with Gasteiger partial charge in [0.1, 0.15) is 17.2 Å². The number of hydrazine groups is 1. The van der Waals surface area contributed by atoms with Crippen molar-refractivity contribution < 1.29 is 60.1 Å². The van der Waals surface area contributed by atoms with Gasteiger partial charge in [-0.2, -0.15) is 31.4 Å². The van der Waals surface area contributed by atoms with Gasteiger partial charge in [0, 0.05) is 23.6 Å². The number of fused-ring (bicyclic) bond motifs is 4. The number of phenolic OH excluding ortho intramolecular Hbond substituents is 1. The molecule has 2 saturated heterocycles. The van der Waals surface area contributed by atoms with Crippen molar-refractivity contribution in [1.29, 1.82) is 0 Å². The van der Waals surface area contributed by atoms with Crippen LogP contribution in [0.3, 0.4) is 0 Å². The summed E-state index contributed by atoms with van der Waals surface area (Å²) in [5.41, 5.74) is -0.808. The SMILES string of the molecule is COc1cc(O)cc(OC)c1[C@H]1C2=CC[C@@H]3C(=O)N(c4cc(C(F)(F)F)cc(C(F)(F)F)c4)C(=O)[C@@H]3[C@@H]2C[C@H]2C(=O)N(Nc3ccc(C)cc3)C(=O)[C@@]12c1ccccc1. The lowest BCUT2D eigenvalue weighted by atomic mass is 9.49. The summed E-state index contributed by atoms with van der Waals surface area (Å²) in [6.07, 6.45) is -9.27. The van der Waals surface area contributed by atoms with E-state index >= 15 is 4.79 Å². The maximum atomic E-state index is 15.4. The predicted molar refractivity (Wildman–Crippen MR) is 199 cm³/mol. The molecule has 2 aliphatic heterocycles. The number of carbonyl (C=O) groups is 4. The number of halogens is 6. The van der Waals surface area contributed by atoms with Gasteiger partial charge in [-0.15, -0.1) is 0 Å². The zero-order chi connectivity index (χ0) is 42.3. The average molecular weight is 820 g/mol. The van der Waals surface area contributed by atoms with E-state index in [0.29, 0.717) is 33.9 Å². The number of benzene rings is 4. The molecule has 2 heterocycles. The second-order valence-corrected chi connectivity index (χ2v) is 15.1. The lowest BCUT2D eigenvalue weighted by Gasteiger charge is -2.51. The Morgan fingerprint density at radius 3 is 1.92 bits per heavy atom. The summed E-state index contributed by atoms with van der Waals surface area (Å²) in [4.78, 5) is 59.6. The van der Waals surface area contributed by atoms with Gasteiger partial charge in [-0.25, -0.2) is 4.90 Å². The molecule has 2 aliphatic carbocycles. The number of rotatable bonds is 7. The Hall–Kier alpha value is -6.32. The molecule has 0 radical (unpaired) electrons. The first-order valence-electron chi connectivity index (χ1n) is 18.5. The number of alkyl halides is 6. The molecule has 0 aromatic heterocycles. The van der Waals surface area contributed by atoms with Crippen LogP contribution in [0.15, 0.2) is 96.6 Å². The Bertz CT molecular complexity index is 2380.